The highest BCUT2D eigenvalue weighted by molar-refractivity contribution is 6.09. The minimum atomic E-state index is -0.0451. The van der Waals surface area contributed by atoms with E-state index in [0.29, 0.717) is 30.3 Å². The summed E-state index contributed by atoms with van der Waals surface area (Å²) in [5.74, 6) is 0.349. The van der Waals surface area contributed by atoms with Crippen molar-refractivity contribution in [1.82, 2.24) is 10.2 Å². The summed E-state index contributed by atoms with van der Waals surface area (Å²) in [6.45, 7) is 3.12. The lowest BCUT2D eigenvalue weighted by Gasteiger charge is -2.29. The first-order chi connectivity index (χ1) is 16.2. The fourth-order valence-corrected chi connectivity index (χ4v) is 4.94. The van der Waals surface area contributed by atoms with Crippen molar-refractivity contribution in [2.24, 2.45) is 5.92 Å². The molecule has 2 amide bonds. The maximum absolute atomic E-state index is 13.5. The Hall–Kier alpha value is -3.44. The van der Waals surface area contributed by atoms with Crippen LogP contribution in [0.3, 0.4) is 0 Å². The van der Waals surface area contributed by atoms with Crippen LogP contribution in [-0.4, -0.2) is 42.9 Å². The highest BCUT2D eigenvalue weighted by atomic mass is 16.2. The summed E-state index contributed by atoms with van der Waals surface area (Å²) in [5, 5.41) is 3.37. The number of fused-ring (bicyclic) bond motifs is 1. The van der Waals surface area contributed by atoms with Crippen LogP contribution in [0.2, 0.25) is 0 Å². The van der Waals surface area contributed by atoms with Gasteiger partial charge in [-0.3, -0.25) is 9.59 Å². The molecule has 2 heterocycles. The third-order valence-corrected chi connectivity index (χ3v) is 6.71. The van der Waals surface area contributed by atoms with Crippen LogP contribution in [0.5, 0.6) is 0 Å². The molecule has 0 saturated carbocycles. The maximum atomic E-state index is 13.5. The van der Waals surface area contributed by atoms with Gasteiger partial charge < -0.3 is 15.1 Å². The number of nitrogens with zero attached hydrogens (tertiary/aromatic N) is 2. The number of amides is 2. The van der Waals surface area contributed by atoms with Crippen molar-refractivity contribution in [3.05, 3.63) is 90.0 Å². The Morgan fingerprint density at radius 3 is 2.24 bits per heavy atom. The molecule has 33 heavy (non-hydrogen) atoms. The SMILES string of the molecule is O=C1c2ccccc2N(Cc2ccccc2-c2ccccc2)C(=O)CN1CC1CCNCC1. The summed E-state index contributed by atoms with van der Waals surface area (Å²) < 4.78 is 0. The van der Waals surface area contributed by atoms with E-state index < -0.39 is 0 Å². The number of carbonyl (C=O) groups is 2. The van der Waals surface area contributed by atoms with Gasteiger partial charge in [0.1, 0.15) is 6.54 Å². The van der Waals surface area contributed by atoms with Crippen LogP contribution in [0.25, 0.3) is 11.1 Å². The molecule has 0 aromatic heterocycles. The summed E-state index contributed by atoms with van der Waals surface area (Å²) >= 11 is 0. The zero-order valence-corrected chi connectivity index (χ0v) is 18.7. The number of hydrogen-bond donors (Lipinski definition) is 1. The molecule has 0 radical (unpaired) electrons. The van der Waals surface area contributed by atoms with Crippen molar-refractivity contribution in [1.29, 1.82) is 0 Å². The molecule has 1 N–H and O–H groups in total. The third-order valence-electron chi connectivity index (χ3n) is 6.71. The highest BCUT2D eigenvalue weighted by Gasteiger charge is 2.33. The minimum absolute atomic E-state index is 0.0369. The van der Waals surface area contributed by atoms with Gasteiger partial charge in [0, 0.05) is 6.54 Å². The first kappa shape index (κ1) is 21.4. The predicted octanol–water partition coefficient (Wildman–Crippen LogP) is 4.34. The molecule has 0 bridgehead atoms. The van der Waals surface area contributed by atoms with E-state index in [-0.39, 0.29) is 18.4 Å². The summed E-state index contributed by atoms with van der Waals surface area (Å²) in [6, 6.07) is 25.9. The molecule has 0 aliphatic carbocycles. The van der Waals surface area contributed by atoms with Crippen molar-refractivity contribution < 1.29 is 9.59 Å². The molecule has 3 aromatic rings. The molecule has 1 fully saturated rings. The fourth-order valence-electron chi connectivity index (χ4n) is 4.94. The lowest BCUT2D eigenvalue weighted by atomic mass is 9.97. The Morgan fingerprint density at radius 1 is 0.788 bits per heavy atom. The standard InChI is InChI=1S/C28H29N3O2/c32-27-20-30(18-21-14-16-29-17-15-21)28(33)25-12-6-7-13-26(25)31(27)19-23-10-4-5-11-24(23)22-8-2-1-3-9-22/h1-13,21,29H,14-20H2. The predicted molar refractivity (Wildman–Crippen MR) is 131 cm³/mol. The first-order valence-corrected chi connectivity index (χ1v) is 11.7. The Morgan fingerprint density at radius 2 is 1.45 bits per heavy atom. The average Bonchev–Trinajstić information content (AvgIpc) is 2.96. The van der Waals surface area contributed by atoms with Gasteiger partial charge in [-0.05, 0) is 60.7 Å². The van der Waals surface area contributed by atoms with E-state index in [4.69, 9.17) is 0 Å². The molecular formula is C28H29N3O2. The molecule has 2 aliphatic heterocycles. The Labute approximate surface area is 195 Å². The van der Waals surface area contributed by atoms with Gasteiger partial charge in [0.2, 0.25) is 5.91 Å². The molecule has 0 atom stereocenters. The van der Waals surface area contributed by atoms with Gasteiger partial charge in [-0.15, -0.1) is 0 Å². The molecule has 2 aliphatic rings. The van der Waals surface area contributed by atoms with Crippen LogP contribution in [-0.2, 0) is 11.3 Å². The molecule has 0 spiro atoms. The zero-order chi connectivity index (χ0) is 22.6. The lowest BCUT2D eigenvalue weighted by molar-refractivity contribution is -0.119. The van der Waals surface area contributed by atoms with E-state index in [1.54, 1.807) is 9.80 Å². The quantitative estimate of drug-likeness (QED) is 0.643. The Balaban J connectivity index is 1.47. The monoisotopic (exact) mass is 439 g/mol. The summed E-state index contributed by atoms with van der Waals surface area (Å²) in [4.78, 5) is 30.6. The molecule has 5 heteroatoms. The van der Waals surface area contributed by atoms with Gasteiger partial charge in [0.15, 0.2) is 0 Å². The Kier molecular flexibility index (Phi) is 6.22. The topological polar surface area (TPSA) is 52.7 Å². The average molecular weight is 440 g/mol. The van der Waals surface area contributed by atoms with Crippen LogP contribution in [0, 0.1) is 5.92 Å². The zero-order valence-electron chi connectivity index (χ0n) is 18.7. The van der Waals surface area contributed by atoms with Crippen molar-refractivity contribution in [2.45, 2.75) is 19.4 Å². The van der Waals surface area contributed by atoms with Gasteiger partial charge in [-0.1, -0.05) is 66.7 Å². The molecule has 5 rings (SSSR count). The van der Waals surface area contributed by atoms with Crippen LogP contribution >= 0.6 is 0 Å². The second kappa shape index (κ2) is 9.59. The number of piperidine rings is 1. The second-order valence-electron chi connectivity index (χ2n) is 8.90. The number of hydrogen-bond acceptors (Lipinski definition) is 3. The molecular weight excluding hydrogens is 410 g/mol. The smallest absolute Gasteiger partial charge is 0.256 e. The molecule has 5 nitrogen and oxygen atoms in total. The van der Waals surface area contributed by atoms with Gasteiger partial charge in [-0.25, -0.2) is 0 Å². The van der Waals surface area contributed by atoms with Gasteiger partial charge >= 0.3 is 0 Å². The van der Waals surface area contributed by atoms with E-state index in [9.17, 15) is 9.59 Å². The Bertz CT molecular complexity index is 1140. The second-order valence-corrected chi connectivity index (χ2v) is 8.90. The van der Waals surface area contributed by atoms with Crippen molar-refractivity contribution in [3.63, 3.8) is 0 Å². The van der Waals surface area contributed by atoms with Crippen molar-refractivity contribution >= 4 is 17.5 Å². The van der Waals surface area contributed by atoms with Crippen LogP contribution in [0.1, 0.15) is 28.8 Å². The first-order valence-electron chi connectivity index (χ1n) is 11.7. The molecule has 3 aromatic carbocycles. The van der Waals surface area contributed by atoms with Gasteiger partial charge in [0.25, 0.3) is 5.91 Å². The number of para-hydroxylation sites is 1. The summed E-state index contributed by atoms with van der Waals surface area (Å²) in [6.07, 6.45) is 2.07. The highest BCUT2D eigenvalue weighted by Crippen LogP contribution is 2.31. The van der Waals surface area contributed by atoms with E-state index in [1.807, 2.05) is 54.6 Å². The molecule has 1 saturated heterocycles. The fraction of sp³-hybridized carbons (Fsp3) is 0.286. The molecule has 0 unspecified atom stereocenters. The number of carbonyl (C=O) groups excluding carboxylic acids is 2. The largest absolute Gasteiger partial charge is 0.329 e. The van der Waals surface area contributed by atoms with Crippen LogP contribution < -0.4 is 10.2 Å². The third kappa shape index (κ3) is 4.55. The number of benzene rings is 3. The minimum Gasteiger partial charge on any atom is -0.329 e. The van der Waals surface area contributed by atoms with E-state index in [1.165, 1.54) is 0 Å². The van der Waals surface area contributed by atoms with E-state index >= 15 is 0 Å². The number of nitrogens with one attached hydrogen (secondary N) is 1. The van der Waals surface area contributed by atoms with Gasteiger partial charge in [-0.2, -0.15) is 0 Å². The number of rotatable bonds is 5. The number of anilines is 1. The van der Waals surface area contributed by atoms with E-state index in [0.717, 1.165) is 42.6 Å². The maximum Gasteiger partial charge on any atom is 0.256 e. The van der Waals surface area contributed by atoms with Crippen LogP contribution in [0.4, 0.5) is 5.69 Å². The molecule has 168 valence electrons. The normalized spacial score (nSPS) is 17.1. The summed E-state index contributed by atoms with van der Waals surface area (Å²) in [5.41, 5.74) is 4.58. The van der Waals surface area contributed by atoms with E-state index in [2.05, 4.69) is 29.6 Å². The summed E-state index contributed by atoms with van der Waals surface area (Å²) in [7, 11) is 0. The van der Waals surface area contributed by atoms with Crippen molar-refractivity contribution in [2.75, 3.05) is 31.1 Å². The van der Waals surface area contributed by atoms with Crippen molar-refractivity contribution in [3.8, 4) is 11.1 Å². The lowest BCUT2D eigenvalue weighted by Crippen LogP contribution is -2.43. The van der Waals surface area contributed by atoms with Crippen LogP contribution in [0.15, 0.2) is 78.9 Å². The van der Waals surface area contributed by atoms with Gasteiger partial charge in [0.05, 0.1) is 17.8 Å².